The van der Waals surface area contributed by atoms with Crippen molar-refractivity contribution in [2.45, 2.75) is 32.5 Å². The Kier molecular flexibility index (Phi) is 5.39. The predicted molar refractivity (Wildman–Crippen MR) is 91.9 cm³/mol. The molecule has 0 bridgehead atoms. The highest BCUT2D eigenvalue weighted by Gasteiger charge is 2.31. The lowest BCUT2D eigenvalue weighted by molar-refractivity contribution is -0.140. The number of benzene rings is 1. The van der Waals surface area contributed by atoms with E-state index in [1.54, 1.807) is 9.80 Å². The van der Waals surface area contributed by atoms with Crippen molar-refractivity contribution in [1.29, 1.82) is 0 Å². The van der Waals surface area contributed by atoms with Gasteiger partial charge in [-0.2, -0.15) is 18.2 Å². The van der Waals surface area contributed by atoms with Gasteiger partial charge in [0.1, 0.15) is 0 Å². The molecule has 0 radical (unpaired) electrons. The summed E-state index contributed by atoms with van der Waals surface area (Å²) in [6.07, 6.45) is -4.61. The number of hydrogen-bond donors (Lipinski definition) is 0. The van der Waals surface area contributed by atoms with Gasteiger partial charge in [0.2, 0.25) is 11.8 Å². The van der Waals surface area contributed by atoms with E-state index in [9.17, 15) is 22.8 Å². The van der Waals surface area contributed by atoms with Crippen LogP contribution in [0.2, 0.25) is 0 Å². The van der Waals surface area contributed by atoms with E-state index in [0.29, 0.717) is 19.6 Å². The molecule has 1 atom stereocenters. The predicted octanol–water partition coefficient (Wildman–Crippen LogP) is 2.38. The van der Waals surface area contributed by atoms with Crippen LogP contribution in [-0.4, -0.2) is 57.4 Å². The monoisotopic (exact) mass is 396 g/mol. The molecule has 1 aliphatic heterocycles. The topological polar surface area (TPSA) is 79.5 Å². The van der Waals surface area contributed by atoms with Gasteiger partial charge in [-0.05, 0) is 25.1 Å². The first-order valence-corrected chi connectivity index (χ1v) is 8.70. The summed E-state index contributed by atoms with van der Waals surface area (Å²) in [4.78, 5) is 31.4. The van der Waals surface area contributed by atoms with Gasteiger partial charge in [0, 0.05) is 38.2 Å². The fourth-order valence-electron chi connectivity index (χ4n) is 3.17. The van der Waals surface area contributed by atoms with Crippen LogP contribution in [0.3, 0.4) is 0 Å². The molecule has 1 aromatic carbocycles. The smallest absolute Gasteiger partial charge is 0.338 e. The van der Waals surface area contributed by atoms with Crippen molar-refractivity contribution in [2.75, 3.05) is 19.6 Å². The summed E-state index contributed by atoms with van der Waals surface area (Å²) in [6.45, 7) is 4.60. The lowest BCUT2D eigenvalue weighted by atomic mass is 10.1. The minimum atomic E-state index is -4.48. The van der Waals surface area contributed by atoms with Gasteiger partial charge in [-0.25, -0.2) is 0 Å². The Morgan fingerprint density at radius 1 is 1.29 bits per heavy atom. The third-order valence-electron chi connectivity index (χ3n) is 4.60. The molecule has 150 valence electrons. The highest BCUT2D eigenvalue weighted by Crippen LogP contribution is 2.31. The van der Waals surface area contributed by atoms with Gasteiger partial charge in [-0.1, -0.05) is 11.2 Å². The van der Waals surface area contributed by atoms with Gasteiger partial charge in [0.25, 0.3) is 5.89 Å². The van der Waals surface area contributed by atoms with Gasteiger partial charge in [0.05, 0.1) is 12.0 Å². The van der Waals surface area contributed by atoms with E-state index in [1.165, 1.54) is 19.1 Å². The summed E-state index contributed by atoms with van der Waals surface area (Å²) in [5, 5.41) is 3.70. The second-order valence-electron chi connectivity index (χ2n) is 6.67. The third-order valence-corrected chi connectivity index (χ3v) is 4.60. The van der Waals surface area contributed by atoms with Crippen molar-refractivity contribution in [3.8, 4) is 11.5 Å². The lowest BCUT2D eigenvalue weighted by Gasteiger charge is -2.39. The molecule has 10 heteroatoms. The van der Waals surface area contributed by atoms with Crippen molar-refractivity contribution in [3.05, 3.63) is 35.7 Å². The first kappa shape index (κ1) is 19.8. The van der Waals surface area contributed by atoms with Gasteiger partial charge in [-0.15, -0.1) is 0 Å². The van der Waals surface area contributed by atoms with Gasteiger partial charge in [0.15, 0.2) is 5.82 Å². The molecule has 1 aromatic heterocycles. The molecule has 1 aliphatic rings. The number of hydrogen-bond acceptors (Lipinski definition) is 5. The largest absolute Gasteiger partial charge is 0.416 e. The molecule has 0 spiro atoms. The van der Waals surface area contributed by atoms with Crippen LogP contribution in [0, 0.1) is 0 Å². The van der Waals surface area contributed by atoms with Crippen LogP contribution in [0.15, 0.2) is 28.8 Å². The molecular formula is C18H19F3N4O3. The normalized spacial score (nSPS) is 17.7. The Balaban J connectivity index is 1.67. The van der Waals surface area contributed by atoms with E-state index in [-0.39, 0.29) is 41.6 Å². The molecule has 0 N–H and O–H groups in total. The first-order valence-electron chi connectivity index (χ1n) is 8.70. The molecule has 2 amide bonds. The molecule has 1 saturated heterocycles. The van der Waals surface area contributed by atoms with Crippen molar-refractivity contribution in [2.24, 2.45) is 0 Å². The van der Waals surface area contributed by atoms with Gasteiger partial charge >= 0.3 is 6.18 Å². The SMILES string of the molecule is CC(=O)N1CCN(C(=O)Cc2noc(-c3cccc(C(F)(F)F)c3)n2)C[C@H]1C. The molecule has 2 aromatic rings. The number of carbonyl (C=O) groups excluding carboxylic acids is 2. The molecule has 28 heavy (non-hydrogen) atoms. The van der Waals surface area contributed by atoms with Crippen molar-refractivity contribution >= 4 is 11.8 Å². The van der Waals surface area contributed by atoms with Crippen molar-refractivity contribution in [1.82, 2.24) is 19.9 Å². The number of alkyl halides is 3. The lowest BCUT2D eigenvalue weighted by Crippen LogP contribution is -2.55. The van der Waals surface area contributed by atoms with Crippen LogP contribution in [0.4, 0.5) is 13.2 Å². The average Bonchev–Trinajstić information content (AvgIpc) is 3.09. The maximum atomic E-state index is 12.8. The fraction of sp³-hybridized carbons (Fsp3) is 0.444. The number of carbonyl (C=O) groups is 2. The average molecular weight is 396 g/mol. The van der Waals surface area contributed by atoms with Gasteiger partial charge < -0.3 is 14.3 Å². The zero-order valence-corrected chi connectivity index (χ0v) is 15.4. The second kappa shape index (κ2) is 7.61. The van der Waals surface area contributed by atoms with Crippen LogP contribution in [0.5, 0.6) is 0 Å². The molecule has 2 heterocycles. The first-order chi connectivity index (χ1) is 13.1. The summed E-state index contributed by atoms with van der Waals surface area (Å²) in [7, 11) is 0. The van der Waals surface area contributed by atoms with Crippen LogP contribution in [0.25, 0.3) is 11.5 Å². The number of nitrogens with zero attached hydrogens (tertiary/aromatic N) is 4. The molecular weight excluding hydrogens is 377 g/mol. The van der Waals surface area contributed by atoms with Crippen LogP contribution in [0.1, 0.15) is 25.2 Å². The minimum absolute atomic E-state index is 0.0384. The Morgan fingerprint density at radius 3 is 2.68 bits per heavy atom. The van der Waals surface area contributed by atoms with Crippen LogP contribution < -0.4 is 0 Å². The van der Waals surface area contributed by atoms with Crippen molar-refractivity contribution in [3.63, 3.8) is 0 Å². The number of aromatic nitrogens is 2. The van der Waals surface area contributed by atoms with Gasteiger partial charge in [-0.3, -0.25) is 9.59 Å². The summed E-state index contributed by atoms with van der Waals surface area (Å²) in [5.74, 6) is -0.252. The quantitative estimate of drug-likeness (QED) is 0.796. The second-order valence-corrected chi connectivity index (χ2v) is 6.67. The molecule has 0 unspecified atom stereocenters. The molecule has 7 nitrogen and oxygen atoms in total. The Morgan fingerprint density at radius 2 is 2.04 bits per heavy atom. The number of rotatable bonds is 3. The maximum Gasteiger partial charge on any atom is 0.416 e. The van der Waals surface area contributed by atoms with Crippen LogP contribution >= 0.6 is 0 Å². The summed E-state index contributed by atoms with van der Waals surface area (Å²) in [5.41, 5.74) is -0.692. The Labute approximate surface area is 159 Å². The zero-order valence-electron chi connectivity index (χ0n) is 15.4. The highest BCUT2D eigenvalue weighted by molar-refractivity contribution is 5.79. The Bertz CT molecular complexity index is 881. The maximum absolute atomic E-state index is 12.8. The summed E-state index contributed by atoms with van der Waals surface area (Å²) < 4.78 is 43.5. The van der Waals surface area contributed by atoms with E-state index < -0.39 is 11.7 Å². The van der Waals surface area contributed by atoms with E-state index in [1.807, 2.05) is 6.92 Å². The number of amides is 2. The molecule has 0 aliphatic carbocycles. The Hall–Kier alpha value is -2.91. The highest BCUT2D eigenvalue weighted by atomic mass is 19.4. The van der Waals surface area contributed by atoms with Crippen LogP contribution in [-0.2, 0) is 22.2 Å². The third kappa shape index (κ3) is 4.32. The molecule has 3 rings (SSSR count). The van der Waals surface area contributed by atoms with E-state index in [4.69, 9.17) is 4.52 Å². The molecule has 1 fully saturated rings. The van der Waals surface area contributed by atoms with E-state index in [2.05, 4.69) is 10.1 Å². The minimum Gasteiger partial charge on any atom is -0.338 e. The van der Waals surface area contributed by atoms with E-state index in [0.717, 1.165) is 12.1 Å². The summed E-state index contributed by atoms with van der Waals surface area (Å²) >= 11 is 0. The van der Waals surface area contributed by atoms with E-state index >= 15 is 0 Å². The fourth-order valence-corrected chi connectivity index (χ4v) is 3.17. The summed E-state index contributed by atoms with van der Waals surface area (Å²) in [6, 6.07) is 4.45. The zero-order chi connectivity index (χ0) is 20.5. The molecule has 0 saturated carbocycles. The number of halogens is 3. The number of piperazine rings is 1. The standard InChI is InChI=1S/C18H19F3N4O3/c1-11-10-24(6-7-25(11)12(2)26)16(27)9-15-22-17(28-23-15)13-4-3-5-14(8-13)18(19,20)21/h3-5,8,11H,6-7,9-10H2,1-2H3/t11-/m1/s1. The van der Waals surface area contributed by atoms with Crippen molar-refractivity contribution < 1.29 is 27.3 Å².